The van der Waals surface area contributed by atoms with E-state index in [2.05, 4.69) is 33.0 Å². The normalized spacial score (nSPS) is 19.9. The minimum Gasteiger partial charge on any atom is -0.330 e. The van der Waals surface area contributed by atoms with Gasteiger partial charge in [-0.25, -0.2) is 0 Å². The SMILES string of the molecule is CC(C)C(C)(C)CNCCC1(CN)CCC1. The third-order valence-electron chi connectivity index (χ3n) is 4.82. The first kappa shape index (κ1) is 14.0. The zero-order valence-electron chi connectivity index (χ0n) is 11.6. The molecule has 0 spiro atoms. The van der Waals surface area contributed by atoms with Crippen LogP contribution in [-0.4, -0.2) is 19.6 Å². The summed E-state index contributed by atoms with van der Waals surface area (Å²) in [4.78, 5) is 0. The quantitative estimate of drug-likeness (QED) is 0.655. The Bertz CT molecular complexity index is 195. The Morgan fingerprint density at radius 2 is 1.94 bits per heavy atom. The summed E-state index contributed by atoms with van der Waals surface area (Å²) in [6.45, 7) is 12.4. The average molecular weight is 226 g/mol. The second-order valence-corrected chi connectivity index (χ2v) is 6.63. The van der Waals surface area contributed by atoms with Crippen molar-refractivity contribution >= 4 is 0 Å². The summed E-state index contributed by atoms with van der Waals surface area (Å²) in [5, 5.41) is 3.61. The van der Waals surface area contributed by atoms with E-state index in [9.17, 15) is 0 Å². The Morgan fingerprint density at radius 3 is 2.31 bits per heavy atom. The maximum atomic E-state index is 5.86. The highest BCUT2D eigenvalue weighted by Gasteiger charge is 2.34. The lowest BCUT2D eigenvalue weighted by Gasteiger charge is -2.41. The summed E-state index contributed by atoms with van der Waals surface area (Å²) >= 11 is 0. The smallest absolute Gasteiger partial charge is 0.000497 e. The molecule has 0 atom stereocenters. The molecule has 0 aliphatic heterocycles. The third kappa shape index (κ3) is 3.46. The lowest BCUT2D eigenvalue weighted by molar-refractivity contribution is 0.127. The number of nitrogens with two attached hydrogens (primary N) is 1. The topological polar surface area (TPSA) is 38.0 Å². The molecule has 2 heteroatoms. The highest BCUT2D eigenvalue weighted by Crippen LogP contribution is 2.42. The Morgan fingerprint density at radius 1 is 1.31 bits per heavy atom. The van der Waals surface area contributed by atoms with Gasteiger partial charge in [0.1, 0.15) is 0 Å². The Kier molecular flexibility index (Phi) is 4.81. The van der Waals surface area contributed by atoms with Gasteiger partial charge in [0, 0.05) is 6.54 Å². The molecule has 0 unspecified atom stereocenters. The first-order valence-corrected chi connectivity index (χ1v) is 6.83. The van der Waals surface area contributed by atoms with Crippen molar-refractivity contribution in [2.24, 2.45) is 22.5 Å². The van der Waals surface area contributed by atoms with E-state index in [-0.39, 0.29) is 0 Å². The van der Waals surface area contributed by atoms with Gasteiger partial charge < -0.3 is 11.1 Å². The molecule has 0 aromatic rings. The molecule has 0 radical (unpaired) electrons. The lowest BCUT2D eigenvalue weighted by Crippen LogP contribution is -2.41. The summed E-state index contributed by atoms with van der Waals surface area (Å²) < 4.78 is 0. The predicted octanol–water partition coefficient (Wildman–Crippen LogP) is 2.78. The van der Waals surface area contributed by atoms with Gasteiger partial charge in [0.15, 0.2) is 0 Å². The largest absolute Gasteiger partial charge is 0.330 e. The molecule has 0 aromatic heterocycles. The molecule has 0 heterocycles. The summed E-state index contributed by atoms with van der Waals surface area (Å²) in [6.07, 6.45) is 5.34. The summed E-state index contributed by atoms with van der Waals surface area (Å²) in [6, 6.07) is 0. The average Bonchev–Trinajstić information content (AvgIpc) is 2.15. The van der Waals surface area contributed by atoms with Gasteiger partial charge in [0.25, 0.3) is 0 Å². The molecule has 96 valence electrons. The molecule has 0 aromatic carbocycles. The van der Waals surface area contributed by atoms with Crippen molar-refractivity contribution in [3.8, 4) is 0 Å². The first-order valence-electron chi connectivity index (χ1n) is 6.83. The standard InChI is InChI=1S/C14H30N2/c1-12(2)13(3,4)11-16-9-8-14(10-15)6-5-7-14/h12,16H,5-11,15H2,1-4H3. The maximum Gasteiger partial charge on any atom is 0.000497 e. The Hall–Kier alpha value is -0.0800. The van der Waals surface area contributed by atoms with E-state index >= 15 is 0 Å². The Labute approximate surface area is 101 Å². The first-order chi connectivity index (χ1) is 7.42. The van der Waals surface area contributed by atoms with E-state index in [0.29, 0.717) is 10.8 Å². The third-order valence-corrected chi connectivity index (χ3v) is 4.82. The molecule has 1 rings (SSSR count). The number of nitrogens with one attached hydrogen (secondary N) is 1. The zero-order valence-corrected chi connectivity index (χ0v) is 11.6. The van der Waals surface area contributed by atoms with Crippen LogP contribution >= 0.6 is 0 Å². The maximum absolute atomic E-state index is 5.86. The van der Waals surface area contributed by atoms with Gasteiger partial charge in [-0.2, -0.15) is 0 Å². The van der Waals surface area contributed by atoms with E-state index in [1.807, 2.05) is 0 Å². The van der Waals surface area contributed by atoms with Crippen LogP contribution in [0, 0.1) is 16.7 Å². The molecule has 16 heavy (non-hydrogen) atoms. The fourth-order valence-corrected chi connectivity index (χ4v) is 2.20. The van der Waals surface area contributed by atoms with Gasteiger partial charge in [0.2, 0.25) is 0 Å². The molecular weight excluding hydrogens is 196 g/mol. The molecule has 1 aliphatic carbocycles. The number of hydrogen-bond donors (Lipinski definition) is 2. The van der Waals surface area contributed by atoms with Crippen molar-refractivity contribution in [2.75, 3.05) is 19.6 Å². The van der Waals surface area contributed by atoms with E-state index in [1.54, 1.807) is 0 Å². The second-order valence-electron chi connectivity index (χ2n) is 6.63. The summed E-state index contributed by atoms with van der Waals surface area (Å²) in [5.74, 6) is 0.729. The zero-order chi connectivity index (χ0) is 12.2. The van der Waals surface area contributed by atoms with Crippen LogP contribution in [0.4, 0.5) is 0 Å². The van der Waals surface area contributed by atoms with Crippen molar-refractivity contribution < 1.29 is 0 Å². The molecule has 0 bridgehead atoms. The second kappa shape index (κ2) is 5.50. The van der Waals surface area contributed by atoms with Crippen molar-refractivity contribution in [1.29, 1.82) is 0 Å². The van der Waals surface area contributed by atoms with Crippen molar-refractivity contribution in [3.05, 3.63) is 0 Å². The van der Waals surface area contributed by atoms with Crippen LogP contribution in [0.25, 0.3) is 0 Å². The summed E-state index contributed by atoms with van der Waals surface area (Å²) in [7, 11) is 0. The van der Waals surface area contributed by atoms with Gasteiger partial charge >= 0.3 is 0 Å². The van der Waals surface area contributed by atoms with Gasteiger partial charge in [-0.1, -0.05) is 34.1 Å². The van der Waals surface area contributed by atoms with Crippen molar-refractivity contribution in [3.63, 3.8) is 0 Å². The van der Waals surface area contributed by atoms with Crippen molar-refractivity contribution in [2.45, 2.75) is 53.4 Å². The summed E-state index contributed by atoms with van der Waals surface area (Å²) in [5.41, 5.74) is 6.75. The van der Waals surface area contributed by atoms with E-state index in [0.717, 1.165) is 25.6 Å². The fraction of sp³-hybridized carbons (Fsp3) is 1.00. The van der Waals surface area contributed by atoms with Gasteiger partial charge in [-0.3, -0.25) is 0 Å². The van der Waals surface area contributed by atoms with Crippen LogP contribution in [0.3, 0.4) is 0 Å². The molecule has 1 saturated carbocycles. The molecular formula is C14H30N2. The highest BCUT2D eigenvalue weighted by molar-refractivity contribution is 4.89. The van der Waals surface area contributed by atoms with E-state index < -0.39 is 0 Å². The predicted molar refractivity (Wildman–Crippen MR) is 71.4 cm³/mol. The molecule has 0 saturated heterocycles. The van der Waals surface area contributed by atoms with E-state index in [4.69, 9.17) is 5.73 Å². The Balaban J connectivity index is 2.16. The monoisotopic (exact) mass is 226 g/mol. The van der Waals surface area contributed by atoms with Gasteiger partial charge in [0.05, 0.1) is 0 Å². The van der Waals surface area contributed by atoms with Crippen LogP contribution < -0.4 is 11.1 Å². The molecule has 1 aliphatic rings. The van der Waals surface area contributed by atoms with Crippen LogP contribution in [0.15, 0.2) is 0 Å². The molecule has 0 amide bonds. The number of rotatable bonds is 7. The van der Waals surface area contributed by atoms with Crippen LogP contribution in [-0.2, 0) is 0 Å². The molecule has 2 nitrogen and oxygen atoms in total. The lowest BCUT2D eigenvalue weighted by atomic mass is 9.67. The van der Waals surface area contributed by atoms with Crippen LogP contribution in [0.1, 0.15) is 53.4 Å². The van der Waals surface area contributed by atoms with Gasteiger partial charge in [-0.15, -0.1) is 0 Å². The van der Waals surface area contributed by atoms with Crippen LogP contribution in [0.2, 0.25) is 0 Å². The fourth-order valence-electron chi connectivity index (χ4n) is 2.20. The van der Waals surface area contributed by atoms with Crippen molar-refractivity contribution in [1.82, 2.24) is 5.32 Å². The van der Waals surface area contributed by atoms with Crippen LogP contribution in [0.5, 0.6) is 0 Å². The molecule has 3 N–H and O–H groups in total. The molecule has 1 fully saturated rings. The minimum absolute atomic E-state index is 0.398. The van der Waals surface area contributed by atoms with E-state index in [1.165, 1.54) is 25.7 Å². The number of hydrogen-bond acceptors (Lipinski definition) is 2. The van der Waals surface area contributed by atoms with Gasteiger partial charge in [-0.05, 0) is 49.1 Å². The minimum atomic E-state index is 0.398. The highest BCUT2D eigenvalue weighted by atomic mass is 14.9.